The number of carbonyl (C=O) groups excluding carboxylic acids is 1. The van der Waals surface area contributed by atoms with Gasteiger partial charge in [-0.15, -0.1) is 0 Å². The number of nitrogens with zero attached hydrogens (tertiary/aromatic N) is 2. The maximum absolute atomic E-state index is 10.7. The van der Waals surface area contributed by atoms with Crippen LogP contribution in [0.25, 0.3) is 11.3 Å². The molecule has 2 heterocycles. The Morgan fingerprint density at radius 3 is 2.93 bits per heavy atom. The fourth-order valence-electron chi connectivity index (χ4n) is 1.22. The van der Waals surface area contributed by atoms with E-state index in [2.05, 4.69) is 21.0 Å². The maximum Gasteiger partial charge on any atom is 0.169 e. The van der Waals surface area contributed by atoms with Crippen LogP contribution in [0.15, 0.2) is 21.3 Å². The molecule has 0 spiro atoms. The highest BCUT2D eigenvalue weighted by atomic mass is 79.9. The van der Waals surface area contributed by atoms with Gasteiger partial charge in [0.2, 0.25) is 0 Å². The summed E-state index contributed by atoms with van der Waals surface area (Å²) < 4.78 is 2.33. The lowest BCUT2D eigenvalue weighted by Crippen LogP contribution is -1.95. The first-order valence-electron chi connectivity index (χ1n) is 3.94. The first-order chi connectivity index (χ1) is 6.74. The van der Waals surface area contributed by atoms with Crippen LogP contribution in [0.5, 0.6) is 0 Å². The van der Waals surface area contributed by atoms with Gasteiger partial charge in [-0.1, -0.05) is 0 Å². The smallest absolute Gasteiger partial charge is 0.169 e. The molecule has 2 aromatic heterocycles. The van der Waals surface area contributed by atoms with Crippen LogP contribution in [0.3, 0.4) is 0 Å². The molecular weight excluding hydrogens is 264 g/mol. The summed E-state index contributed by atoms with van der Waals surface area (Å²) in [6.45, 7) is 0. The highest BCUT2D eigenvalue weighted by molar-refractivity contribution is 9.10. The summed E-state index contributed by atoms with van der Waals surface area (Å²) in [5, 5.41) is 8.25. The molecule has 0 amide bonds. The van der Waals surface area contributed by atoms with Crippen LogP contribution in [-0.2, 0) is 7.05 Å². The first kappa shape index (κ1) is 9.61. The van der Waals surface area contributed by atoms with Crippen LogP contribution in [-0.4, -0.2) is 16.1 Å². The van der Waals surface area contributed by atoms with Crippen molar-refractivity contribution in [3.05, 3.63) is 27.0 Å². The van der Waals surface area contributed by atoms with Crippen LogP contribution in [0.2, 0.25) is 0 Å². The zero-order valence-electron chi connectivity index (χ0n) is 7.40. The number of hydrogen-bond donors (Lipinski definition) is 0. The van der Waals surface area contributed by atoms with Crippen molar-refractivity contribution >= 4 is 33.6 Å². The molecule has 0 bridgehead atoms. The van der Waals surface area contributed by atoms with Gasteiger partial charge in [-0.2, -0.15) is 16.4 Å². The Morgan fingerprint density at radius 1 is 1.64 bits per heavy atom. The van der Waals surface area contributed by atoms with Gasteiger partial charge in [-0.3, -0.25) is 9.48 Å². The number of aldehydes is 1. The SMILES string of the molecule is Cn1nc(-c2ccsc2)c(Br)c1C=O. The van der Waals surface area contributed by atoms with Gasteiger partial charge in [-0.25, -0.2) is 0 Å². The van der Waals surface area contributed by atoms with E-state index in [0.717, 1.165) is 22.0 Å². The van der Waals surface area contributed by atoms with Crippen molar-refractivity contribution in [2.24, 2.45) is 7.05 Å². The predicted molar refractivity (Wildman–Crippen MR) is 59.6 cm³/mol. The summed E-state index contributed by atoms with van der Waals surface area (Å²) >= 11 is 4.98. The van der Waals surface area contributed by atoms with Gasteiger partial charge in [-0.05, 0) is 27.4 Å². The number of thiophene rings is 1. The molecule has 2 aromatic rings. The van der Waals surface area contributed by atoms with E-state index in [1.807, 2.05) is 16.8 Å². The normalized spacial score (nSPS) is 10.4. The standard InChI is InChI=1S/C9H7BrN2OS/c1-12-7(4-13)8(10)9(11-12)6-2-3-14-5-6/h2-5H,1H3. The van der Waals surface area contributed by atoms with E-state index >= 15 is 0 Å². The largest absolute Gasteiger partial charge is 0.296 e. The van der Waals surface area contributed by atoms with Crippen molar-refractivity contribution in [2.45, 2.75) is 0 Å². The number of hydrogen-bond acceptors (Lipinski definition) is 3. The summed E-state index contributed by atoms with van der Waals surface area (Å²) in [7, 11) is 1.75. The Bertz CT molecular complexity index is 461. The summed E-state index contributed by atoms with van der Waals surface area (Å²) in [5.41, 5.74) is 2.41. The summed E-state index contributed by atoms with van der Waals surface area (Å²) in [5.74, 6) is 0. The van der Waals surface area contributed by atoms with Crippen LogP contribution in [0, 0.1) is 0 Å². The van der Waals surface area contributed by atoms with Gasteiger partial charge in [0.25, 0.3) is 0 Å². The van der Waals surface area contributed by atoms with Crippen LogP contribution in [0.1, 0.15) is 10.5 Å². The number of halogens is 1. The van der Waals surface area contributed by atoms with Crippen molar-refractivity contribution in [3.8, 4) is 11.3 Å². The average molecular weight is 271 g/mol. The lowest BCUT2D eigenvalue weighted by Gasteiger charge is -1.89. The van der Waals surface area contributed by atoms with Crippen LogP contribution in [0.4, 0.5) is 0 Å². The molecule has 3 nitrogen and oxygen atoms in total. The number of carbonyl (C=O) groups is 1. The highest BCUT2D eigenvalue weighted by Crippen LogP contribution is 2.30. The molecule has 2 rings (SSSR count). The maximum atomic E-state index is 10.7. The van der Waals surface area contributed by atoms with Crippen molar-refractivity contribution in [1.29, 1.82) is 0 Å². The molecule has 0 N–H and O–H groups in total. The van der Waals surface area contributed by atoms with E-state index in [1.165, 1.54) is 0 Å². The third-order valence-corrected chi connectivity index (χ3v) is 3.40. The third-order valence-electron chi connectivity index (χ3n) is 1.94. The topological polar surface area (TPSA) is 34.9 Å². The molecule has 72 valence electrons. The lowest BCUT2D eigenvalue weighted by molar-refractivity contribution is 0.111. The van der Waals surface area contributed by atoms with Gasteiger partial charge in [0.1, 0.15) is 11.4 Å². The molecule has 0 atom stereocenters. The highest BCUT2D eigenvalue weighted by Gasteiger charge is 2.14. The predicted octanol–water partition coefficient (Wildman–Crippen LogP) is 2.72. The summed E-state index contributed by atoms with van der Waals surface area (Å²) in [6, 6.07) is 1.98. The fourth-order valence-corrected chi connectivity index (χ4v) is 2.52. The van der Waals surface area contributed by atoms with Gasteiger partial charge in [0.05, 0.1) is 4.47 Å². The number of aromatic nitrogens is 2. The van der Waals surface area contributed by atoms with E-state index in [1.54, 1.807) is 23.1 Å². The van der Waals surface area contributed by atoms with E-state index in [9.17, 15) is 4.79 Å². The molecule has 0 aromatic carbocycles. The lowest BCUT2D eigenvalue weighted by atomic mass is 10.2. The van der Waals surface area contributed by atoms with Gasteiger partial charge in [0.15, 0.2) is 6.29 Å². The van der Waals surface area contributed by atoms with E-state index in [-0.39, 0.29) is 0 Å². The molecule has 0 aliphatic carbocycles. The summed E-state index contributed by atoms with van der Waals surface area (Å²) in [4.78, 5) is 10.7. The second-order valence-electron chi connectivity index (χ2n) is 2.80. The fraction of sp³-hybridized carbons (Fsp3) is 0.111. The molecule has 14 heavy (non-hydrogen) atoms. The summed E-state index contributed by atoms with van der Waals surface area (Å²) in [6.07, 6.45) is 0.799. The quantitative estimate of drug-likeness (QED) is 0.787. The Morgan fingerprint density at radius 2 is 2.43 bits per heavy atom. The molecule has 0 saturated heterocycles. The number of aryl methyl sites for hydroxylation is 1. The van der Waals surface area contributed by atoms with E-state index in [4.69, 9.17) is 0 Å². The zero-order valence-corrected chi connectivity index (χ0v) is 9.80. The zero-order chi connectivity index (χ0) is 10.1. The second kappa shape index (κ2) is 3.67. The van der Waals surface area contributed by atoms with Crippen molar-refractivity contribution < 1.29 is 4.79 Å². The van der Waals surface area contributed by atoms with Gasteiger partial charge < -0.3 is 0 Å². The van der Waals surface area contributed by atoms with Crippen LogP contribution >= 0.6 is 27.3 Å². The minimum Gasteiger partial charge on any atom is -0.296 e. The minimum absolute atomic E-state index is 0.561. The van der Waals surface area contributed by atoms with Crippen molar-refractivity contribution in [1.82, 2.24) is 9.78 Å². The molecule has 0 fully saturated rings. The number of rotatable bonds is 2. The van der Waals surface area contributed by atoms with Crippen molar-refractivity contribution in [3.63, 3.8) is 0 Å². The molecular formula is C9H7BrN2OS. The van der Waals surface area contributed by atoms with Crippen molar-refractivity contribution in [2.75, 3.05) is 0 Å². The molecule has 0 saturated carbocycles. The molecule has 0 aliphatic rings. The molecule has 5 heteroatoms. The molecule has 0 unspecified atom stereocenters. The van der Waals surface area contributed by atoms with Gasteiger partial charge >= 0.3 is 0 Å². The Balaban J connectivity index is 2.61. The third kappa shape index (κ3) is 1.42. The molecule has 0 radical (unpaired) electrons. The first-order valence-corrected chi connectivity index (χ1v) is 5.68. The second-order valence-corrected chi connectivity index (χ2v) is 4.37. The molecule has 0 aliphatic heterocycles. The van der Waals surface area contributed by atoms with Gasteiger partial charge in [0, 0.05) is 18.0 Å². The van der Waals surface area contributed by atoms with E-state index in [0.29, 0.717) is 5.69 Å². The Hall–Kier alpha value is -0.940. The monoisotopic (exact) mass is 270 g/mol. The Labute approximate surface area is 93.5 Å². The minimum atomic E-state index is 0.561. The average Bonchev–Trinajstić information content (AvgIpc) is 2.74. The Kier molecular flexibility index (Phi) is 2.52. The van der Waals surface area contributed by atoms with Crippen LogP contribution < -0.4 is 0 Å². The van der Waals surface area contributed by atoms with E-state index < -0.39 is 0 Å².